The van der Waals surface area contributed by atoms with Crippen LogP contribution in [0.1, 0.15) is 60.3 Å². The first-order valence-corrected chi connectivity index (χ1v) is 11.0. The average Bonchev–Trinajstić information content (AvgIpc) is 3.03. The van der Waals surface area contributed by atoms with Gasteiger partial charge in [-0.1, -0.05) is 26.8 Å². The van der Waals surface area contributed by atoms with Crippen LogP contribution in [0.3, 0.4) is 0 Å². The zero-order chi connectivity index (χ0) is 21.4. The van der Waals surface area contributed by atoms with Crippen LogP contribution < -0.4 is 14.8 Å². The Balaban J connectivity index is 1.51. The first kappa shape index (κ1) is 20.7. The first-order chi connectivity index (χ1) is 14.4. The third kappa shape index (κ3) is 3.65. The first-order valence-electron chi connectivity index (χ1n) is 11.0. The number of fused-ring (bicyclic) bond motifs is 2. The lowest BCUT2D eigenvalue weighted by molar-refractivity contribution is 0.179. The van der Waals surface area contributed by atoms with E-state index < -0.39 is 0 Å². The smallest absolute Gasteiger partial charge is 0.324 e. The fraction of sp³-hybridized carbons (Fsp3) is 0.583. The standard InChI is InChI=1S/C24H32N4O2/c1-6-29-21-26-20(27-22(28-21)30-7-2)25-19-10-8-16(9-11-19)14-18-15-17-12-13-24(18,5)23(17,3)4/h8,10-11,17H,6-7,9,12-13,15H2,1-5H3,(H,25,26,27,28). The van der Waals surface area contributed by atoms with Crippen molar-refractivity contribution in [2.75, 3.05) is 18.5 Å². The molecular formula is C24H32N4O2. The van der Waals surface area contributed by atoms with Crippen LogP contribution in [0.5, 0.6) is 12.0 Å². The van der Waals surface area contributed by atoms with Crippen LogP contribution in [0, 0.1) is 16.7 Å². The number of ether oxygens (including phenoxy) is 2. The number of anilines is 1. The summed E-state index contributed by atoms with van der Waals surface area (Å²) >= 11 is 0. The van der Waals surface area contributed by atoms with Crippen LogP contribution in [-0.4, -0.2) is 28.2 Å². The van der Waals surface area contributed by atoms with E-state index in [0.29, 0.717) is 24.6 Å². The molecule has 0 aromatic carbocycles. The number of allylic oxidation sites excluding steroid dienone is 4. The van der Waals surface area contributed by atoms with E-state index in [4.69, 9.17) is 9.47 Å². The molecule has 2 fully saturated rings. The maximum Gasteiger partial charge on any atom is 0.324 e. The summed E-state index contributed by atoms with van der Waals surface area (Å²) in [5, 5.41) is 3.24. The lowest BCUT2D eigenvalue weighted by atomic mass is 9.69. The minimum absolute atomic E-state index is 0.260. The van der Waals surface area contributed by atoms with Gasteiger partial charge in [0.1, 0.15) is 0 Å². The molecule has 0 spiro atoms. The van der Waals surface area contributed by atoms with Gasteiger partial charge in [0.15, 0.2) is 0 Å². The van der Waals surface area contributed by atoms with Crippen LogP contribution in [0.15, 0.2) is 40.8 Å². The van der Waals surface area contributed by atoms with E-state index in [-0.39, 0.29) is 17.4 Å². The third-order valence-corrected chi connectivity index (χ3v) is 7.27. The number of hydrogen-bond acceptors (Lipinski definition) is 6. The molecule has 1 aromatic heterocycles. The van der Waals surface area contributed by atoms with E-state index in [1.165, 1.54) is 30.4 Å². The van der Waals surface area contributed by atoms with Gasteiger partial charge in [-0.05, 0) is 74.2 Å². The Bertz CT molecular complexity index is 932. The van der Waals surface area contributed by atoms with Gasteiger partial charge >= 0.3 is 12.0 Å². The van der Waals surface area contributed by atoms with Crippen molar-refractivity contribution < 1.29 is 9.47 Å². The zero-order valence-electron chi connectivity index (χ0n) is 18.7. The molecule has 2 saturated carbocycles. The lowest BCUT2D eigenvalue weighted by Gasteiger charge is -2.34. The van der Waals surface area contributed by atoms with Crippen LogP contribution in [0.4, 0.5) is 5.95 Å². The number of rotatable bonds is 6. The molecule has 1 N–H and O–H groups in total. The van der Waals surface area contributed by atoms with Gasteiger partial charge in [0.2, 0.25) is 5.95 Å². The van der Waals surface area contributed by atoms with E-state index in [9.17, 15) is 0 Å². The van der Waals surface area contributed by atoms with Crippen LogP contribution in [-0.2, 0) is 0 Å². The van der Waals surface area contributed by atoms with Crippen LogP contribution in [0.25, 0.3) is 0 Å². The van der Waals surface area contributed by atoms with E-state index in [2.05, 4.69) is 65.0 Å². The van der Waals surface area contributed by atoms with Crippen molar-refractivity contribution in [2.45, 2.75) is 60.3 Å². The maximum absolute atomic E-state index is 5.43. The minimum atomic E-state index is 0.260. The van der Waals surface area contributed by atoms with Crippen molar-refractivity contribution in [3.8, 4) is 12.0 Å². The topological polar surface area (TPSA) is 69.2 Å². The molecule has 3 aliphatic rings. The second-order valence-electron chi connectivity index (χ2n) is 9.03. The second-order valence-corrected chi connectivity index (χ2v) is 9.03. The molecule has 2 bridgehead atoms. The lowest BCUT2D eigenvalue weighted by Crippen LogP contribution is -2.27. The summed E-state index contributed by atoms with van der Waals surface area (Å²) in [5.74, 6) is 1.22. The quantitative estimate of drug-likeness (QED) is 0.651. The predicted molar refractivity (Wildman–Crippen MR) is 117 cm³/mol. The Morgan fingerprint density at radius 3 is 2.27 bits per heavy atom. The highest BCUT2D eigenvalue weighted by Crippen LogP contribution is 2.67. The normalized spacial score (nSPS) is 26.4. The average molecular weight is 409 g/mol. The third-order valence-electron chi connectivity index (χ3n) is 7.27. The maximum atomic E-state index is 5.43. The van der Waals surface area contributed by atoms with Crippen molar-refractivity contribution in [3.05, 3.63) is 40.8 Å². The number of nitrogens with one attached hydrogen (secondary N) is 1. The molecule has 1 aromatic rings. The minimum Gasteiger partial charge on any atom is -0.464 e. The van der Waals surface area contributed by atoms with Gasteiger partial charge in [0.05, 0.1) is 13.2 Å². The van der Waals surface area contributed by atoms with Crippen LogP contribution in [0.2, 0.25) is 0 Å². The van der Waals surface area contributed by atoms with Gasteiger partial charge in [0, 0.05) is 11.1 Å². The highest BCUT2D eigenvalue weighted by atomic mass is 16.5. The highest BCUT2D eigenvalue weighted by molar-refractivity contribution is 5.46. The van der Waals surface area contributed by atoms with E-state index >= 15 is 0 Å². The highest BCUT2D eigenvalue weighted by Gasteiger charge is 2.58. The number of nitrogens with zero attached hydrogens (tertiary/aromatic N) is 3. The Morgan fingerprint density at radius 2 is 1.77 bits per heavy atom. The van der Waals surface area contributed by atoms with Crippen molar-refractivity contribution in [3.63, 3.8) is 0 Å². The molecule has 2 unspecified atom stereocenters. The molecule has 0 aliphatic heterocycles. The Kier molecular flexibility index (Phi) is 5.46. The summed E-state index contributed by atoms with van der Waals surface area (Å²) in [6.07, 6.45) is 11.0. The molecule has 160 valence electrons. The van der Waals surface area contributed by atoms with Gasteiger partial charge in [0.25, 0.3) is 0 Å². The summed E-state index contributed by atoms with van der Waals surface area (Å²) in [7, 11) is 0. The van der Waals surface area contributed by atoms with Crippen LogP contribution >= 0.6 is 0 Å². The van der Waals surface area contributed by atoms with Gasteiger partial charge in [-0.25, -0.2) is 0 Å². The van der Waals surface area contributed by atoms with Gasteiger partial charge in [-0.15, -0.1) is 10.7 Å². The molecule has 0 radical (unpaired) electrons. The summed E-state index contributed by atoms with van der Waals surface area (Å²) in [5.41, 5.74) is 8.13. The SMILES string of the molecule is CCOc1nc(NC2=CCC(=C=C3CC4CCC3(C)C4(C)C)C=C2)nc(OCC)n1. The van der Waals surface area contributed by atoms with Crippen molar-refractivity contribution >= 4 is 5.95 Å². The summed E-state index contributed by atoms with van der Waals surface area (Å²) < 4.78 is 10.9. The second kappa shape index (κ2) is 7.92. The fourth-order valence-corrected chi connectivity index (χ4v) is 4.99. The van der Waals surface area contributed by atoms with E-state index in [1.807, 2.05) is 13.8 Å². The zero-order valence-corrected chi connectivity index (χ0v) is 18.7. The Labute approximate surface area is 179 Å². The number of hydrogen-bond donors (Lipinski definition) is 1. The molecule has 1 heterocycles. The van der Waals surface area contributed by atoms with Crippen molar-refractivity contribution in [1.82, 2.24) is 15.0 Å². The van der Waals surface area contributed by atoms with E-state index in [0.717, 1.165) is 18.0 Å². The summed E-state index contributed by atoms with van der Waals surface area (Å²) in [6, 6.07) is 0.521. The molecule has 6 nitrogen and oxygen atoms in total. The molecule has 0 saturated heterocycles. The molecule has 6 heteroatoms. The molecule has 0 amide bonds. The fourth-order valence-electron chi connectivity index (χ4n) is 4.99. The molecule has 3 aliphatic carbocycles. The molecular weight excluding hydrogens is 376 g/mol. The van der Waals surface area contributed by atoms with Crippen molar-refractivity contribution in [1.29, 1.82) is 0 Å². The van der Waals surface area contributed by atoms with Gasteiger partial charge in [-0.3, -0.25) is 0 Å². The van der Waals surface area contributed by atoms with Gasteiger partial charge in [-0.2, -0.15) is 9.97 Å². The number of aromatic nitrogens is 3. The predicted octanol–water partition coefficient (Wildman–Crippen LogP) is 5.22. The van der Waals surface area contributed by atoms with Crippen molar-refractivity contribution in [2.24, 2.45) is 16.7 Å². The Hall–Kier alpha value is -2.59. The van der Waals surface area contributed by atoms with E-state index in [1.54, 1.807) is 0 Å². The summed E-state index contributed by atoms with van der Waals surface area (Å²) in [6.45, 7) is 12.1. The molecule has 2 atom stereocenters. The monoisotopic (exact) mass is 408 g/mol. The summed E-state index contributed by atoms with van der Waals surface area (Å²) in [4.78, 5) is 12.8. The molecule has 4 rings (SSSR count). The Morgan fingerprint density at radius 1 is 1.07 bits per heavy atom. The largest absolute Gasteiger partial charge is 0.464 e. The molecule has 30 heavy (non-hydrogen) atoms. The van der Waals surface area contributed by atoms with Gasteiger partial charge < -0.3 is 14.8 Å².